The normalized spacial score (nSPS) is 14.1. The van der Waals surface area contributed by atoms with E-state index < -0.39 is 0 Å². The average Bonchev–Trinajstić information content (AvgIpc) is 3.19. The van der Waals surface area contributed by atoms with Crippen LogP contribution in [0.5, 0.6) is 5.75 Å². The number of benzene rings is 2. The first-order valence-electron chi connectivity index (χ1n) is 10.8. The Balaban J connectivity index is 1.46. The van der Waals surface area contributed by atoms with Crippen LogP contribution in [-0.4, -0.2) is 42.9 Å². The van der Waals surface area contributed by atoms with E-state index in [1.165, 1.54) is 0 Å². The summed E-state index contributed by atoms with van der Waals surface area (Å²) < 4.78 is 5.91. The average molecular weight is 409 g/mol. The zero-order chi connectivity index (χ0) is 21.0. The summed E-state index contributed by atoms with van der Waals surface area (Å²) in [6.07, 6.45) is 2.61. The van der Waals surface area contributed by atoms with Gasteiger partial charge in [0.25, 0.3) is 0 Å². The highest BCUT2D eigenvalue weighted by atomic mass is 16.5. The topological polar surface area (TPSA) is 66.0 Å². The van der Waals surface area contributed by atoms with Gasteiger partial charge in [-0.15, -0.1) is 0 Å². The molecule has 1 aliphatic rings. The van der Waals surface area contributed by atoms with Crippen LogP contribution in [0.2, 0.25) is 0 Å². The lowest BCUT2D eigenvalue weighted by molar-refractivity contribution is -0.127. The molecule has 1 saturated heterocycles. The Kier molecular flexibility index (Phi) is 8.57. The van der Waals surface area contributed by atoms with E-state index in [1.807, 2.05) is 41.3 Å². The molecular formula is C24H32N4O2. The molecule has 30 heavy (non-hydrogen) atoms. The summed E-state index contributed by atoms with van der Waals surface area (Å²) in [4.78, 5) is 18.3. The van der Waals surface area contributed by atoms with Crippen molar-refractivity contribution in [1.82, 2.24) is 15.5 Å². The van der Waals surface area contributed by atoms with E-state index in [9.17, 15) is 4.79 Å². The number of likely N-dealkylation sites (tertiary alicyclic amines) is 1. The van der Waals surface area contributed by atoms with Gasteiger partial charge in [-0.05, 0) is 43.0 Å². The minimum atomic E-state index is 0.282. The number of carbonyl (C=O) groups is 1. The fraction of sp³-hybridized carbons (Fsp3) is 0.417. The molecule has 2 aromatic rings. The molecule has 1 heterocycles. The smallest absolute Gasteiger partial charge is 0.222 e. The van der Waals surface area contributed by atoms with Gasteiger partial charge >= 0.3 is 0 Å². The summed E-state index contributed by atoms with van der Waals surface area (Å²) in [5.74, 6) is 1.92. The monoisotopic (exact) mass is 408 g/mol. The number of amides is 1. The fourth-order valence-electron chi connectivity index (χ4n) is 3.40. The molecule has 1 fully saturated rings. The summed E-state index contributed by atoms with van der Waals surface area (Å²) in [5, 5.41) is 6.64. The molecule has 0 radical (unpaired) electrons. The third-order valence-corrected chi connectivity index (χ3v) is 4.98. The van der Waals surface area contributed by atoms with Crippen molar-refractivity contribution in [3.8, 4) is 5.75 Å². The van der Waals surface area contributed by atoms with Gasteiger partial charge in [0.2, 0.25) is 5.91 Å². The predicted molar refractivity (Wildman–Crippen MR) is 120 cm³/mol. The Morgan fingerprint density at radius 1 is 1.10 bits per heavy atom. The molecule has 2 N–H and O–H groups in total. The maximum atomic E-state index is 11.7. The zero-order valence-electron chi connectivity index (χ0n) is 17.8. The Morgan fingerprint density at radius 2 is 1.93 bits per heavy atom. The summed E-state index contributed by atoms with van der Waals surface area (Å²) in [6, 6.07) is 18.2. The molecule has 160 valence electrons. The molecule has 0 aromatic heterocycles. The third kappa shape index (κ3) is 7.10. The van der Waals surface area contributed by atoms with Crippen molar-refractivity contribution >= 4 is 11.9 Å². The van der Waals surface area contributed by atoms with E-state index in [0.717, 1.165) is 61.9 Å². The second-order valence-electron chi connectivity index (χ2n) is 7.38. The Bertz CT molecular complexity index is 823. The van der Waals surface area contributed by atoms with Crippen molar-refractivity contribution < 1.29 is 9.53 Å². The Morgan fingerprint density at radius 3 is 2.70 bits per heavy atom. The number of nitrogens with one attached hydrogen (secondary N) is 2. The maximum Gasteiger partial charge on any atom is 0.222 e. The Hall–Kier alpha value is -3.02. The lowest BCUT2D eigenvalue weighted by atomic mass is 10.2. The third-order valence-electron chi connectivity index (χ3n) is 4.98. The van der Waals surface area contributed by atoms with Crippen LogP contribution in [-0.2, 0) is 17.9 Å². The summed E-state index contributed by atoms with van der Waals surface area (Å²) in [6.45, 7) is 6.48. The highest BCUT2D eigenvalue weighted by Gasteiger charge is 2.18. The Labute approximate surface area is 179 Å². The van der Waals surface area contributed by atoms with Gasteiger partial charge in [-0.25, -0.2) is 4.99 Å². The van der Waals surface area contributed by atoms with Gasteiger partial charge in [0.05, 0.1) is 6.54 Å². The van der Waals surface area contributed by atoms with Gasteiger partial charge in [-0.3, -0.25) is 4.79 Å². The predicted octanol–water partition coefficient (Wildman–Crippen LogP) is 3.33. The van der Waals surface area contributed by atoms with Crippen molar-refractivity contribution in [2.75, 3.05) is 26.2 Å². The van der Waals surface area contributed by atoms with Crippen LogP contribution in [0.1, 0.15) is 37.3 Å². The molecule has 1 amide bonds. The fourth-order valence-corrected chi connectivity index (χ4v) is 3.40. The van der Waals surface area contributed by atoms with E-state index in [4.69, 9.17) is 4.74 Å². The van der Waals surface area contributed by atoms with Crippen molar-refractivity contribution in [3.63, 3.8) is 0 Å². The molecule has 6 nitrogen and oxygen atoms in total. The quantitative estimate of drug-likeness (QED) is 0.360. The molecule has 0 unspecified atom stereocenters. The SMILES string of the molecule is CCNC(=NCc1cccc(OCc2ccccc2)c1)NCCCN1CCCC1=O. The number of ether oxygens (including phenoxy) is 1. The van der Waals surface area contributed by atoms with Crippen LogP contribution in [0.25, 0.3) is 0 Å². The molecular weight excluding hydrogens is 376 g/mol. The molecule has 2 aromatic carbocycles. The minimum Gasteiger partial charge on any atom is -0.489 e. The van der Waals surface area contributed by atoms with E-state index in [0.29, 0.717) is 19.6 Å². The van der Waals surface area contributed by atoms with Crippen molar-refractivity contribution in [2.24, 2.45) is 4.99 Å². The van der Waals surface area contributed by atoms with Gasteiger partial charge in [0.15, 0.2) is 5.96 Å². The number of hydrogen-bond acceptors (Lipinski definition) is 3. The summed E-state index contributed by atoms with van der Waals surface area (Å²) in [5.41, 5.74) is 2.25. The second-order valence-corrected chi connectivity index (χ2v) is 7.38. The van der Waals surface area contributed by atoms with Crippen LogP contribution in [0.4, 0.5) is 0 Å². The highest BCUT2D eigenvalue weighted by molar-refractivity contribution is 5.79. The summed E-state index contributed by atoms with van der Waals surface area (Å²) >= 11 is 0. The van der Waals surface area contributed by atoms with Crippen LogP contribution in [0.3, 0.4) is 0 Å². The largest absolute Gasteiger partial charge is 0.489 e. The minimum absolute atomic E-state index is 0.282. The second kappa shape index (κ2) is 11.9. The van der Waals surface area contributed by atoms with Gasteiger partial charge in [-0.2, -0.15) is 0 Å². The number of rotatable bonds is 10. The molecule has 1 aliphatic heterocycles. The molecule has 3 rings (SSSR count). The standard InChI is InChI=1S/C24H32N4O2/c1-2-25-24(26-14-8-16-28-15-7-13-23(28)29)27-18-21-11-6-12-22(17-21)30-19-20-9-4-3-5-10-20/h3-6,9-12,17H,2,7-8,13-16,18-19H2,1H3,(H2,25,26,27). The van der Waals surface area contributed by atoms with E-state index >= 15 is 0 Å². The van der Waals surface area contributed by atoms with Crippen molar-refractivity contribution in [2.45, 2.75) is 39.3 Å². The zero-order valence-corrected chi connectivity index (χ0v) is 17.8. The van der Waals surface area contributed by atoms with Crippen molar-refractivity contribution in [1.29, 1.82) is 0 Å². The first kappa shape index (κ1) is 21.7. The number of nitrogens with zero attached hydrogens (tertiary/aromatic N) is 2. The van der Waals surface area contributed by atoms with Crippen LogP contribution >= 0.6 is 0 Å². The molecule has 0 saturated carbocycles. The van der Waals surface area contributed by atoms with E-state index in [-0.39, 0.29) is 5.91 Å². The number of hydrogen-bond donors (Lipinski definition) is 2. The lowest BCUT2D eigenvalue weighted by Crippen LogP contribution is -2.39. The van der Waals surface area contributed by atoms with Crippen LogP contribution in [0, 0.1) is 0 Å². The number of aliphatic imine (C=N–C) groups is 1. The van der Waals surface area contributed by atoms with Gasteiger partial charge in [-0.1, -0.05) is 42.5 Å². The molecule has 0 spiro atoms. The molecule has 0 aliphatic carbocycles. The molecule has 0 bridgehead atoms. The van der Waals surface area contributed by atoms with Crippen LogP contribution in [0.15, 0.2) is 59.6 Å². The van der Waals surface area contributed by atoms with Gasteiger partial charge in [0.1, 0.15) is 12.4 Å². The number of guanidine groups is 1. The highest BCUT2D eigenvalue weighted by Crippen LogP contribution is 2.16. The molecule has 0 atom stereocenters. The van der Waals surface area contributed by atoms with Crippen molar-refractivity contribution in [3.05, 3.63) is 65.7 Å². The number of carbonyl (C=O) groups excluding carboxylic acids is 1. The van der Waals surface area contributed by atoms with E-state index in [2.05, 4.69) is 40.7 Å². The molecule has 6 heteroatoms. The maximum absolute atomic E-state index is 11.7. The van der Waals surface area contributed by atoms with E-state index in [1.54, 1.807) is 0 Å². The first-order valence-corrected chi connectivity index (χ1v) is 10.8. The summed E-state index contributed by atoms with van der Waals surface area (Å²) in [7, 11) is 0. The van der Waals surface area contributed by atoms with Gasteiger partial charge in [0, 0.05) is 32.6 Å². The van der Waals surface area contributed by atoms with Crippen LogP contribution < -0.4 is 15.4 Å². The lowest BCUT2D eigenvalue weighted by Gasteiger charge is -2.16. The first-order chi connectivity index (χ1) is 14.7. The van der Waals surface area contributed by atoms with Gasteiger partial charge < -0.3 is 20.3 Å².